The number of hydrogen-bond donors (Lipinski definition) is 0. The molecule has 0 spiro atoms. The molecule has 0 aliphatic heterocycles. The van der Waals surface area contributed by atoms with Gasteiger partial charge in [-0.2, -0.15) is 10.2 Å². The quantitative estimate of drug-likeness (QED) is 0.523. The van der Waals surface area contributed by atoms with Gasteiger partial charge in [0.2, 0.25) is 0 Å². The lowest BCUT2D eigenvalue weighted by Crippen LogP contribution is -2.02. The van der Waals surface area contributed by atoms with Gasteiger partial charge >= 0.3 is 0 Å². The highest BCUT2D eigenvalue weighted by atomic mass is 19.1. The van der Waals surface area contributed by atoms with Crippen molar-refractivity contribution in [2.45, 2.75) is 32.8 Å². The summed E-state index contributed by atoms with van der Waals surface area (Å²) in [4.78, 5) is 5.55. The number of hydrogen-bond acceptors (Lipinski definition) is 4. The summed E-state index contributed by atoms with van der Waals surface area (Å²) in [7, 11) is 1.86. The second kappa shape index (κ2) is 6.74. The molecule has 0 amide bonds. The minimum absolute atomic E-state index is 0.249. The van der Waals surface area contributed by atoms with E-state index in [0.29, 0.717) is 6.61 Å². The Bertz CT molecular complexity index is 955. The van der Waals surface area contributed by atoms with Crippen molar-refractivity contribution < 1.29 is 9.23 Å². The van der Waals surface area contributed by atoms with Crippen LogP contribution in [0.2, 0.25) is 0 Å². The summed E-state index contributed by atoms with van der Waals surface area (Å²) in [5, 5.41) is 13.0. The Morgan fingerprint density at radius 2 is 2.08 bits per heavy atom. The Labute approximate surface area is 150 Å². The Morgan fingerprint density at radius 1 is 1.27 bits per heavy atom. The molecule has 0 atom stereocenters. The van der Waals surface area contributed by atoms with Crippen molar-refractivity contribution in [3.8, 4) is 5.69 Å². The third-order valence-electron chi connectivity index (χ3n) is 4.61. The molecule has 4 rings (SSSR count). The molecule has 0 bridgehead atoms. The van der Waals surface area contributed by atoms with Crippen molar-refractivity contribution in [2.24, 2.45) is 12.2 Å². The molecule has 1 aromatic carbocycles. The van der Waals surface area contributed by atoms with Crippen LogP contribution in [-0.4, -0.2) is 25.3 Å². The first-order valence-corrected chi connectivity index (χ1v) is 8.63. The molecule has 0 fully saturated rings. The molecule has 0 saturated heterocycles. The fourth-order valence-corrected chi connectivity index (χ4v) is 3.28. The van der Waals surface area contributed by atoms with Gasteiger partial charge in [-0.25, -0.2) is 9.07 Å². The van der Waals surface area contributed by atoms with E-state index in [1.165, 1.54) is 23.4 Å². The van der Waals surface area contributed by atoms with E-state index in [1.54, 1.807) is 23.0 Å². The molecule has 1 aliphatic carbocycles. The number of halogens is 1. The van der Waals surface area contributed by atoms with Gasteiger partial charge in [0, 0.05) is 30.1 Å². The van der Waals surface area contributed by atoms with Crippen LogP contribution in [-0.2, 0) is 31.3 Å². The second-order valence-electron chi connectivity index (χ2n) is 6.47. The first kappa shape index (κ1) is 16.5. The second-order valence-corrected chi connectivity index (χ2v) is 6.47. The van der Waals surface area contributed by atoms with Crippen LogP contribution in [0.5, 0.6) is 0 Å². The lowest BCUT2D eigenvalue weighted by molar-refractivity contribution is 0.127. The first-order valence-electron chi connectivity index (χ1n) is 8.63. The minimum atomic E-state index is -0.249. The Hall–Kier alpha value is -2.96. The minimum Gasteiger partial charge on any atom is -0.389 e. The van der Waals surface area contributed by atoms with Gasteiger partial charge in [0.05, 0.1) is 17.6 Å². The maximum absolute atomic E-state index is 13.2. The molecule has 3 aromatic rings. The Kier molecular flexibility index (Phi) is 4.28. The number of fused-ring (bicyclic) bond motifs is 1. The zero-order valence-corrected chi connectivity index (χ0v) is 14.8. The highest BCUT2D eigenvalue weighted by molar-refractivity contribution is 5.97. The normalized spacial score (nSPS) is 13.9. The average Bonchev–Trinajstić information content (AvgIpc) is 3.33. The van der Waals surface area contributed by atoms with Gasteiger partial charge in [-0.3, -0.25) is 4.68 Å². The fraction of sp³-hybridized carbons (Fsp3) is 0.316. The zero-order chi connectivity index (χ0) is 18.1. The van der Waals surface area contributed by atoms with E-state index >= 15 is 0 Å². The molecule has 2 heterocycles. The summed E-state index contributed by atoms with van der Waals surface area (Å²) in [6, 6.07) is 6.40. The van der Waals surface area contributed by atoms with Gasteiger partial charge in [0.1, 0.15) is 11.5 Å². The number of aryl methyl sites for hydroxylation is 1. The van der Waals surface area contributed by atoms with Gasteiger partial charge < -0.3 is 4.84 Å². The van der Waals surface area contributed by atoms with Gasteiger partial charge in [-0.1, -0.05) is 5.16 Å². The van der Waals surface area contributed by atoms with Crippen molar-refractivity contribution in [2.75, 3.05) is 0 Å². The Balaban J connectivity index is 1.54. The SMILES string of the molecule is CC(=NOCc1nn(-c2ccc(F)cc2)c2c1CCC2)c1cnn(C)c1. The molecule has 134 valence electrons. The Morgan fingerprint density at radius 3 is 2.81 bits per heavy atom. The van der Waals surface area contributed by atoms with Gasteiger partial charge in [0.15, 0.2) is 6.61 Å². The van der Waals surface area contributed by atoms with Crippen LogP contribution in [0.4, 0.5) is 4.39 Å². The van der Waals surface area contributed by atoms with Crippen LogP contribution in [0.15, 0.2) is 41.8 Å². The lowest BCUT2D eigenvalue weighted by Gasteiger charge is -2.05. The van der Waals surface area contributed by atoms with Crippen LogP contribution in [0, 0.1) is 5.82 Å². The van der Waals surface area contributed by atoms with E-state index in [-0.39, 0.29) is 5.82 Å². The molecule has 0 unspecified atom stereocenters. The van der Waals surface area contributed by atoms with E-state index in [0.717, 1.165) is 41.9 Å². The monoisotopic (exact) mass is 353 g/mol. The predicted molar refractivity (Wildman–Crippen MR) is 95.8 cm³/mol. The molecule has 6 nitrogen and oxygen atoms in total. The molecule has 1 aliphatic rings. The van der Waals surface area contributed by atoms with E-state index in [1.807, 2.05) is 24.9 Å². The van der Waals surface area contributed by atoms with Gasteiger partial charge in [-0.05, 0) is 50.5 Å². The number of nitrogens with zero attached hydrogens (tertiary/aromatic N) is 5. The summed E-state index contributed by atoms with van der Waals surface area (Å²) < 4.78 is 16.8. The lowest BCUT2D eigenvalue weighted by atomic mass is 10.2. The van der Waals surface area contributed by atoms with Crippen LogP contribution < -0.4 is 0 Å². The third kappa shape index (κ3) is 3.12. The van der Waals surface area contributed by atoms with Crippen LogP contribution in [0.1, 0.15) is 35.9 Å². The molecule has 0 radical (unpaired) electrons. The zero-order valence-electron chi connectivity index (χ0n) is 14.8. The standard InChI is InChI=1S/C19H20FN5O/c1-13(14-10-21-24(2)11-14)23-26-12-18-17-4-3-5-19(17)25(22-18)16-8-6-15(20)7-9-16/h6-11H,3-5,12H2,1-2H3. The van der Waals surface area contributed by atoms with Crippen molar-refractivity contribution in [3.05, 3.63) is 65.0 Å². The topological polar surface area (TPSA) is 57.2 Å². The van der Waals surface area contributed by atoms with Crippen LogP contribution >= 0.6 is 0 Å². The van der Waals surface area contributed by atoms with Crippen molar-refractivity contribution in [3.63, 3.8) is 0 Å². The predicted octanol–water partition coefficient (Wildman–Crippen LogP) is 3.17. The fourth-order valence-electron chi connectivity index (χ4n) is 3.28. The highest BCUT2D eigenvalue weighted by Crippen LogP contribution is 2.28. The molecule has 26 heavy (non-hydrogen) atoms. The van der Waals surface area contributed by atoms with Gasteiger partial charge in [0.25, 0.3) is 0 Å². The average molecular weight is 353 g/mol. The summed E-state index contributed by atoms with van der Waals surface area (Å²) in [5.41, 5.74) is 5.87. The van der Waals surface area contributed by atoms with Crippen LogP contribution in [0.3, 0.4) is 0 Å². The number of aromatic nitrogens is 4. The molecule has 7 heteroatoms. The number of rotatable bonds is 5. The maximum Gasteiger partial charge on any atom is 0.161 e. The smallest absolute Gasteiger partial charge is 0.161 e. The van der Waals surface area contributed by atoms with E-state index in [4.69, 9.17) is 4.84 Å². The van der Waals surface area contributed by atoms with Crippen molar-refractivity contribution in [1.29, 1.82) is 0 Å². The summed E-state index contributed by atoms with van der Waals surface area (Å²) >= 11 is 0. The van der Waals surface area contributed by atoms with E-state index < -0.39 is 0 Å². The summed E-state index contributed by atoms with van der Waals surface area (Å²) in [5.74, 6) is -0.249. The largest absolute Gasteiger partial charge is 0.389 e. The molecular formula is C19H20FN5O. The van der Waals surface area contributed by atoms with Crippen molar-refractivity contribution in [1.82, 2.24) is 19.6 Å². The maximum atomic E-state index is 13.2. The first-order chi connectivity index (χ1) is 12.6. The number of benzene rings is 1. The van der Waals surface area contributed by atoms with E-state index in [2.05, 4.69) is 15.4 Å². The van der Waals surface area contributed by atoms with E-state index in [9.17, 15) is 4.39 Å². The molecule has 0 N–H and O–H groups in total. The summed E-state index contributed by atoms with van der Waals surface area (Å²) in [6.45, 7) is 2.20. The molecule has 2 aromatic heterocycles. The molecular weight excluding hydrogens is 333 g/mol. The molecule has 0 saturated carbocycles. The highest BCUT2D eigenvalue weighted by Gasteiger charge is 2.23. The van der Waals surface area contributed by atoms with Gasteiger partial charge in [-0.15, -0.1) is 0 Å². The van der Waals surface area contributed by atoms with Crippen molar-refractivity contribution >= 4 is 5.71 Å². The third-order valence-corrected chi connectivity index (χ3v) is 4.61. The number of oxime groups is 1. The van der Waals surface area contributed by atoms with Crippen LogP contribution in [0.25, 0.3) is 5.69 Å². The summed E-state index contributed by atoms with van der Waals surface area (Å²) in [6.07, 6.45) is 6.70.